The van der Waals surface area contributed by atoms with Crippen molar-refractivity contribution in [1.29, 1.82) is 0 Å². The molecule has 2 nitrogen and oxygen atoms in total. The SMILES string of the molecule is NC(Cc1ccccn1)c1ccc(F)cc1I. The molecule has 0 saturated heterocycles. The summed E-state index contributed by atoms with van der Waals surface area (Å²) in [6, 6.07) is 10.3. The minimum Gasteiger partial charge on any atom is -0.324 e. The van der Waals surface area contributed by atoms with Gasteiger partial charge in [0.2, 0.25) is 0 Å². The molecule has 0 aliphatic heterocycles. The Hall–Kier alpha value is -1.01. The maximum atomic E-state index is 13.0. The molecule has 2 aromatic rings. The van der Waals surface area contributed by atoms with E-state index in [1.54, 1.807) is 12.3 Å². The van der Waals surface area contributed by atoms with E-state index in [-0.39, 0.29) is 11.9 Å². The lowest BCUT2D eigenvalue weighted by molar-refractivity contribution is 0.622. The van der Waals surface area contributed by atoms with Crippen LogP contribution in [0.1, 0.15) is 17.3 Å². The van der Waals surface area contributed by atoms with Crippen molar-refractivity contribution < 1.29 is 4.39 Å². The Morgan fingerprint density at radius 2 is 2.12 bits per heavy atom. The summed E-state index contributed by atoms with van der Waals surface area (Å²) in [5.41, 5.74) is 8.01. The van der Waals surface area contributed by atoms with Gasteiger partial charge in [-0.3, -0.25) is 4.98 Å². The summed E-state index contributed by atoms with van der Waals surface area (Å²) in [5, 5.41) is 0. The first kappa shape index (κ1) is 12.4. The normalized spacial score (nSPS) is 12.4. The number of nitrogens with zero attached hydrogens (tertiary/aromatic N) is 1. The highest BCUT2D eigenvalue weighted by Gasteiger charge is 2.11. The summed E-state index contributed by atoms with van der Waals surface area (Å²) in [4.78, 5) is 4.23. The Kier molecular flexibility index (Phi) is 4.06. The maximum absolute atomic E-state index is 13.0. The van der Waals surface area contributed by atoms with Crippen LogP contribution in [0.4, 0.5) is 4.39 Å². The van der Waals surface area contributed by atoms with Gasteiger partial charge in [0, 0.05) is 27.9 Å². The summed E-state index contributed by atoms with van der Waals surface area (Å²) in [6.07, 6.45) is 2.40. The summed E-state index contributed by atoms with van der Waals surface area (Å²) in [5.74, 6) is -0.233. The van der Waals surface area contributed by atoms with E-state index >= 15 is 0 Å². The van der Waals surface area contributed by atoms with Gasteiger partial charge in [-0.15, -0.1) is 0 Å². The van der Waals surface area contributed by atoms with Gasteiger partial charge in [-0.25, -0.2) is 4.39 Å². The van der Waals surface area contributed by atoms with Crippen LogP contribution in [0.15, 0.2) is 42.6 Å². The van der Waals surface area contributed by atoms with Crippen LogP contribution in [-0.4, -0.2) is 4.98 Å². The van der Waals surface area contributed by atoms with Gasteiger partial charge >= 0.3 is 0 Å². The molecule has 1 aromatic carbocycles. The van der Waals surface area contributed by atoms with Crippen molar-refractivity contribution in [2.75, 3.05) is 0 Å². The zero-order valence-corrected chi connectivity index (χ0v) is 11.3. The summed E-state index contributed by atoms with van der Waals surface area (Å²) in [7, 11) is 0. The van der Waals surface area contributed by atoms with E-state index in [2.05, 4.69) is 27.6 Å². The first-order chi connectivity index (χ1) is 8.16. The van der Waals surface area contributed by atoms with Crippen LogP contribution in [0, 0.1) is 9.39 Å². The summed E-state index contributed by atoms with van der Waals surface area (Å²) >= 11 is 2.10. The fourth-order valence-electron chi connectivity index (χ4n) is 1.66. The average Bonchev–Trinajstić information content (AvgIpc) is 2.30. The topological polar surface area (TPSA) is 38.9 Å². The Labute approximate surface area is 113 Å². The van der Waals surface area contributed by atoms with Crippen LogP contribution in [0.3, 0.4) is 0 Å². The highest BCUT2D eigenvalue weighted by molar-refractivity contribution is 14.1. The second-order valence-electron chi connectivity index (χ2n) is 3.80. The van der Waals surface area contributed by atoms with Crippen LogP contribution < -0.4 is 5.73 Å². The molecule has 0 bridgehead atoms. The molecule has 2 rings (SSSR count). The first-order valence-corrected chi connectivity index (χ1v) is 6.35. The van der Waals surface area contributed by atoms with Crippen LogP contribution in [0.2, 0.25) is 0 Å². The van der Waals surface area contributed by atoms with E-state index in [0.717, 1.165) is 14.8 Å². The fraction of sp³-hybridized carbons (Fsp3) is 0.154. The molecule has 0 saturated carbocycles. The van der Waals surface area contributed by atoms with Gasteiger partial charge in [-0.05, 0) is 52.4 Å². The number of rotatable bonds is 3. The van der Waals surface area contributed by atoms with Gasteiger partial charge < -0.3 is 5.73 Å². The lowest BCUT2D eigenvalue weighted by Crippen LogP contribution is -2.15. The zero-order valence-electron chi connectivity index (χ0n) is 9.11. The molecule has 1 aromatic heterocycles. The smallest absolute Gasteiger partial charge is 0.124 e. The number of benzene rings is 1. The average molecular weight is 342 g/mol. The second kappa shape index (κ2) is 5.55. The van der Waals surface area contributed by atoms with Crippen molar-refractivity contribution in [1.82, 2.24) is 4.98 Å². The van der Waals surface area contributed by atoms with Crippen molar-refractivity contribution in [3.05, 3.63) is 63.2 Å². The molecular formula is C13H12FIN2. The number of pyridine rings is 1. The molecule has 1 atom stereocenters. The van der Waals surface area contributed by atoms with Gasteiger partial charge in [0.25, 0.3) is 0 Å². The molecule has 4 heteroatoms. The molecule has 0 amide bonds. The predicted octanol–water partition coefficient (Wildman–Crippen LogP) is 3.07. The van der Waals surface area contributed by atoms with E-state index in [9.17, 15) is 4.39 Å². The van der Waals surface area contributed by atoms with Crippen LogP contribution in [0.5, 0.6) is 0 Å². The highest BCUT2D eigenvalue weighted by atomic mass is 127. The Balaban J connectivity index is 2.17. The highest BCUT2D eigenvalue weighted by Crippen LogP contribution is 2.21. The fourth-order valence-corrected chi connectivity index (χ4v) is 2.53. The standard InChI is InChI=1S/C13H12FIN2/c14-9-4-5-11(12(15)7-9)13(16)8-10-3-1-2-6-17-10/h1-7,13H,8,16H2. The third-order valence-corrected chi connectivity index (χ3v) is 3.45. The zero-order chi connectivity index (χ0) is 12.3. The lowest BCUT2D eigenvalue weighted by Gasteiger charge is -2.13. The predicted molar refractivity (Wildman–Crippen MR) is 74.0 cm³/mol. The van der Waals surface area contributed by atoms with Crippen molar-refractivity contribution in [2.24, 2.45) is 5.73 Å². The molecule has 1 unspecified atom stereocenters. The van der Waals surface area contributed by atoms with Crippen molar-refractivity contribution >= 4 is 22.6 Å². The number of hydrogen-bond acceptors (Lipinski definition) is 2. The number of aromatic nitrogens is 1. The molecule has 0 fully saturated rings. The molecule has 0 aliphatic carbocycles. The first-order valence-electron chi connectivity index (χ1n) is 5.27. The van der Waals surface area contributed by atoms with Crippen LogP contribution in [0.25, 0.3) is 0 Å². The molecule has 0 radical (unpaired) electrons. The molecule has 17 heavy (non-hydrogen) atoms. The Morgan fingerprint density at radius 1 is 1.29 bits per heavy atom. The Morgan fingerprint density at radius 3 is 2.76 bits per heavy atom. The van der Waals surface area contributed by atoms with E-state index in [4.69, 9.17) is 5.73 Å². The van der Waals surface area contributed by atoms with E-state index < -0.39 is 0 Å². The molecule has 0 spiro atoms. The molecule has 2 N–H and O–H groups in total. The molecule has 88 valence electrons. The summed E-state index contributed by atoms with van der Waals surface area (Å²) in [6.45, 7) is 0. The maximum Gasteiger partial charge on any atom is 0.124 e. The van der Waals surface area contributed by atoms with Crippen LogP contribution >= 0.6 is 22.6 Å². The van der Waals surface area contributed by atoms with Gasteiger partial charge in [0.1, 0.15) is 5.82 Å². The number of hydrogen-bond donors (Lipinski definition) is 1. The van der Waals surface area contributed by atoms with Crippen molar-refractivity contribution in [2.45, 2.75) is 12.5 Å². The van der Waals surface area contributed by atoms with E-state index in [1.807, 2.05) is 18.2 Å². The summed E-state index contributed by atoms with van der Waals surface area (Å²) < 4.78 is 13.8. The van der Waals surface area contributed by atoms with E-state index in [1.165, 1.54) is 12.1 Å². The monoisotopic (exact) mass is 342 g/mol. The molecule has 1 heterocycles. The van der Waals surface area contributed by atoms with Gasteiger partial charge in [-0.1, -0.05) is 12.1 Å². The third-order valence-electron chi connectivity index (χ3n) is 2.52. The number of nitrogens with two attached hydrogens (primary N) is 1. The largest absolute Gasteiger partial charge is 0.324 e. The second-order valence-corrected chi connectivity index (χ2v) is 4.96. The van der Waals surface area contributed by atoms with Crippen molar-refractivity contribution in [3.63, 3.8) is 0 Å². The minimum absolute atomic E-state index is 0.155. The lowest BCUT2D eigenvalue weighted by atomic mass is 10.0. The molecule has 0 aliphatic rings. The van der Waals surface area contributed by atoms with Crippen molar-refractivity contribution in [3.8, 4) is 0 Å². The van der Waals surface area contributed by atoms with E-state index in [0.29, 0.717) is 6.42 Å². The minimum atomic E-state index is -0.233. The van der Waals surface area contributed by atoms with Crippen LogP contribution in [-0.2, 0) is 6.42 Å². The van der Waals surface area contributed by atoms with Gasteiger partial charge in [0.15, 0.2) is 0 Å². The number of halogens is 2. The Bertz CT molecular complexity index is 502. The quantitative estimate of drug-likeness (QED) is 0.871. The van der Waals surface area contributed by atoms with Gasteiger partial charge in [0.05, 0.1) is 0 Å². The van der Waals surface area contributed by atoms with Gasteiger partial charge in [-0.2, -0.15) is 0 Å². The molecular weight excluding hydrogens is 330 g/mol. The third kappa shape index (κ3) is 3.23.